The molecule has 0 saturated heterocycles. The van der Waals surface area contributed by atoms with E-state index in [0.717, 1.165) is 55.6 Å². The molecule has 0 amide bonds. The maximum absolute atomic E-state index is 11.2. The van der Waals surface area contributed by atoms with Crippen LogP contribution in [0.5, 0.6) is 0 Å². The van der Waals surface area contributed by atoms with E-state index in [-0.39, 0.29) is 27.1 Å². The molecule has 260 valence electrons. The quantitative estimate of drug-likeness (QED) is 0.165. The largest absolute Gasteiger partial charge is 0.290 e. The average molecular weight is 671 g/mol. The van der Waals surface area contributed by atoms with Crippen molar-refractivity contribution in [3.63, 3.8) is 0 Å². The van der Waals surface area contributed by atoms with Crippen molar-refractivity contribution in [1.29, 1.82) is 0 Å². The highest BCUT2D eigenvalue weighted by Gasteiger charge is 1.92. The Bertz CT molecular complexity index is 2140. The van der Waals surface area contributed by atoms with Gasteiger partial charge >= 0.3 is 0 Å². The van der Waals surface area contributed by atoms with Gasteiger partial charge < -0.3 is 0 Å². The van der Waals surface area contributed by atoms with Gasteiger partial charge in [0.25, 0.3) is 0 Å². The fraction of sp³-hybridized carbons (Fsp3) is 0.222. The van der Waals surface area contributed by atoms with Gasteiger partial charge in [-0.3, -0.25) is 24.0 Å². The van der Waals surface area contributed by atoms with Crippen LogP contribution in [0.15, 0.2) is 145 Å². The topological polar surface area (TPSA) is 85.3 Å². The summed E-state index contributed by atoms with van der Waals surface area (Å²) in [4.78, 5) is 55.2. The first-order chi connectivity index (χ1) is 23.5. The molecule has 0 bridgehead atoms. The lowest BCUT2D eigenvalue weighted by molar-refractivity contribution is 1.33. The van der Waals surface area contributed by atoms with Crippen molar-refractivity contribution >= 4 is 0 Å². The summed E-state index contributed by atoms with van der Waals surface area (Å²) in [7, 11) is 0. The van der Waals surface area contributed by atoms with Crippen molar-refractivity contribution in [3.05, 3.63) is 228 Å². The third kappa shape index (κ3) is 16.5. The standard InChI is InChI=1S/5C9H10O/c1-7-3-5-8(2)9(10)6-4-7;1-7-4-3-5-9(10)8(2)6-7;1-7-4-3-5-8(2)9(10)6-7;1-7-5-3-4-6-9(10)8(7)2;1-7-5-3-4-6-8(2)9(7)10/h5*3-6H,1-2H3. The molecule has 0 unspecified atom stereocenters. The summed E-state index contributed by atoms with van der Waals surface area (Å²) < 4.78 is 0. The van der Waals surface area contributed by atoms with Crippen LogP contribution in [-0.2, 0) is 0 Å². The van der Waals surface area contributed by atoms with Crippen molar-refractivity contribution in [1.82, 2.24) is 0 Å². The molecule has 0 atom stereocenters. The van der Waals surface area contributed by atoms with Crippen molar-refractivity contribution < 1.29 is 0 Å². The Morgan fingerprint density at radius 1 is 0.280 bits per heavy atom. The van der Waals surface area contributed by atoms with E-state index in [1.54, 1.807) is 36.4 Å². The number of aryl methyl sites for hydroxylation is 9. The maximum atomic E-state index is 11.2. The van der Waals surface area contributed by atoms with Crippen LogP contribution in [0.4, 0.5) is 0 Å². The molecule has 0 spiro atoms. The van der Waals surface area contributed by atoms with E-state index < -0.39 is 0 Å². The first-order valence-electron chi connectivity index (χ1n) is 16.4. The summed E-state index contributed by atoms with van der Waals surface area (Å²) in [5, 5.41) is 0. The Labute approximate surface area is 296 Å². The van der Waals surface area contributed by atoms with Crippen LogP contribution in [-0.4, -0.2) is 0 Å². The molecule has 5 nitrogen and oxygen atoms in total. The van der Waals surface area contributed by atoms with Gasteiger partial charge in [0.1, 0.15) is 0 Å². The lowest BCUT2D eigenvalue weighted by Gasteiger charge is -1.86. The minimum absolute atomic E-state index is 0.105. The van der Waals surface area contributed by atoms with Gasteiger partial charge in [0, 0.05) is 0 Å². The molecule has 0 heterocycles. The molecule has 5 aromatic carbocycles. The highest BCUT2D eigenvalue weighted by Crippen LogP contribution is 1.97. The van der Waals surface area contributed by atoms with Crippen LogP contribution < -0.4 is 27.1 Å². The summed E-state index contributed by atoms with van der Waals surface area (Å²) in [6, 6.07) is 36.3. The molecular weight excluding hydrogens is 620 g/mol. The lowest BCUT2D eigenvalue weighted by Crippen LogP contribution is -2.03. The van der Waals surface area contributed by atoms with E-state index in [1.165, 1.54) is 0 Å². The van der Waals surface area contributed by atoms with E-state index in [0.29, 0.717) is 0 Å². The molecule has 0 fully saturated rings. The molecule has 0 aromatic heterocycles. The molecule has 0 aliphatic carbocycles. The van der Waals surface area contributed by atoms with Crippen LogP contribution in [0.1, 0.15) is 55.6 Å². The summed E-state index contributed by atoms with van der Waals surface area (Å²) in [6.07, 6.45) is 0. The Morgan fingerprint density at radius 3 is 1.30 bits per heavy atom. The van der Waals surface area contributed by atoms with Gasteiger partial charge in [0.15, 0.2) is 27.1 Å². The third-order valence-electron chi connectivity index (χ3n) is 7.56. The average Bonchev–Trinajstić information content (AvgIpc) is 3.52. The second-order valence-electron chi connectivity index (χ2n) is 12.2. The van der Waals surface area contributed by atoms with Gasteiger partial charge in [-0.05, 0) is 138 Å². The Hall–Kier alpha value is -5.55. The van der Waals surface area contributed by atoms with E-state index >= 15 is 0 Å². The van der Waals surface area contributed by atoms with Crippen LogP contribution in [0.2, 0.25) is 0 Å². The first-order valence-corrected chi connectivity index (χ1v) is 16.4. The smallest absolute Gasteiger partial charge is 0.184 e. The number of rotatable bonds is 0. The van der Waals surface area contributed by atoms with Crippen molar-refractivity contribution in [2.24, 2.45) is 0 Å². The Balaban J connectivity index is 0.000000312. The second kappa shape index (κ2) is 22.2. The summed E-state index contributed by atoms with van der Waals surface area (Å²) in [5.41, 5.74) is 9.74. The first kappa shape index (κ1) is 42.5. The molecule has 50 heavy (non-hydrogen) atoms. The molecule has 0 aliphatic heterocycles. The normalized spacial score (nSPS) is 9.40. The van der Waals surface area contributed by atoms with E-state index in [4.69, 9.17) is 0 Å². The molecule has 0 radical (unpaired) electrons. The molecule has 5 heteroatoms. The second-order valence-corrected chi connectivity index (χ2v) is 12.2. The highest BCUT2D eigenvalue weighted by molar-refractivity contribution is 5.23. The van der Waals surface area contributed by atoms with Gasteiger partial charge in [0.2, 0.25) is 0 Å². The zero-order chi connectivity index (χ0) is 37.8. The molecular formula is C45H50O5. The predicted molar refractivity (Wildman–Crippen MR) is 211 cm³/mol. The third-order valence-corrected chi connectivity index (χ3v) is 7.56. The molecule has 0 saturated carbocycles. The Morgan fingerprint density at radius 2 is 0.700 bits per heavy atom. The van der Waals surface area contributed by atoms with Gasteiger partial charge in [-0.1, -0.05) is 108 Å². The predicted octanol–water partition coefficient (Wildman–Crippen LogP) is 8.32. The number of hydrogen-bond acceptors (Lipinski definition) is 5. The maximum Gasteiger partial charge on any atom is 0.184 e. The highest BCUT2D eigenvalue weighted by atomic mass is 16.1. The minimum atomic E-state index is 0.105. The summed E-state index contributed by atoms with van der Waals surface area (Å²) >= 11 is 0. The van der Waals surface area contributed by atoms with E-state index in [2.05, 4.69) is 0 Å². The van der Waals surface area contributed by atoms with Crippen molar-refractivity contribution in [3.8, 4) is 0 Å². The number of hydrogen-bond donors (Lipinski definition) is 0. The molecule has 5 rings (SSSR count). The van der Waals surface area contributed by atoms with Crippen molar-refractivity contribution in [2.45, 2.75) is 69.2 Å². The zero-order valence-corrected chi connectivity index (χ0v) is 31.1. The fourth-order valence-electron chi connectivity index (χ4n) is 4.06. The monoisotopic (exact) mass is 670 g/mol. The summed E-state index contributed by atoms with van der Waals surface area (Å²) in [5.74, 6) is 0. The van der Waals surface area contributed by atoms with Crippen LogP contribution in [0.3, 0.4) is 0 Å². The van der Waals surface area contributed by atoms with E-state index in [9.17, 15) is 24.0 Å². The zero-order valence-electron chi connectivity index (χ0n) is 31.1. The molecule has 0 N–H and O–H groups in total. The lowest BCUT2D eigenvalue weighted by atomic mass is 10.2. The van der Waals surface area contributed by atoms with Crippen LogP contribution in [0, 0.1) is 69.2 Å². The van der Waals surface area contributed by atoms with Gasteiger partial charge in [-0.15, -0.1) is 0 Å². The Kier molecular flexibility index (Phi) is 18.8. The SMILES string of the molecule is Cc1ccc(C)c(=O)cc1.Cc1cccc(=O)c(C)c1.Cc1cccc(C)c(=O)c1.Cc1ccccc(=O)c1C.Cc1ccccc(C)c1=O. The van der Waals surface area contributed by atoms with Gasteiger partial charge in [-0.25, -0.2) is 0 Å². The van der Waals surface area contributed by atoms with Gasteiger partial charge in [0.05, 0.1) is 0 Å². The summed E-state index contributed by atoms with van der Waals surface area (Å²) in [6.45, 7) is 18.8. The van der Waals surface area contributed by atoms with Crippen molar-refractivity contribution in [2.75, 3.05) is 0 Å². The molecule has 0 aliphatic rings. The van der Waals surface area contributed by atoms with E-state index in [1.807, 2.05) is 154 Å². The van der Waals surface area contributed by atoms with Gasteiger partial charge in [-0.2, -0.15) is 0 Å². The molecule has 5 aromatic rings. The minimum Gasteiger partial charge on any atom is -0.290 e. The van der Waals surface area contributed by atoms with Crippen LogP contribution >= 0.6 is 0 Å². The van der Waals surface area contributed by atoms with Crippen LogP contribution in [0.25, 0.3) is 0 Å². The fourth-order valence-corrected chi connectivity index (χ4v) is 4.06.